The number of thioether (sulfide) groups is 1. The van der Waals surface area contributed by atoms with E-state index >= 15 is 0 Å². The molecule has 0 aliphatic heterocycles. The zero-order valence-electron chi connectivity index (χ0n) is 12.4. The summed E-state index contributed by atoms with van der Waals surface area (Å²) in [5.74, 6) is 1.10. The van der Waals surface area contributed by atoms with E-state index in [9.17, 15) is 4.79 Å². The molecule has 0 saturated heterocycles. The van der Waals surface area contributed by atoms with Gasteiger partial charge in [0.15, 0.2) is 0 Å². The Morgan fingerprint density at radius 1 is 1.30 bits per heavy atom. The molecule has 1 rings (SSSR count). The SMILES string of the molecule is CC(C)C(N)CCN(C)C(=O)CSc1ccccc1.Cl. The van der Waals surface area contributed by atoms with Crippen LogP contribution in [-0.4, -0.2) is 36.2 Å². The predicted molar refractivity (Wildman–Crippen MR) is 89.5 cm³/mol. The summed E-state index contributed by atoms with van der Waals surface area (Å²) in [5.41, 5.74) is 5.99. The van der Waals surface area contributed by atoms with Gasteiger partial charge in [-0.2, -0.15) is 0 Å². The molecule has 0 fully saturated rings. The summed E-state index contributed by atoms with van der Waals surface area (Å²) in [5, 5.41) is 0. The van der Waals surface area contributed by atoms with E-state index in [4.69, 9.17) is 5.73 Å². The zero-order chi connectivity index (χ0) is 14.3. The molecule has 1 amide bonds. The third-order valence-electron chi connectivity index (χ3n) is 3.19. The van der Waals surface area contributed by atoms with Gasteiger partial charge >= 0.3 is 0 Å². The maximum Gasteiger partial charge on any atom is 0.232 e. The minimum absolute atomic E-state index is 0. The Balaban J connectivity index is 0.00000361. The highest BCUT2D eigenvalue weighted by atomic mass is 35.5. The van der Waals surface area contributed by atoms with Crippen LogP contribution in [-0.2, 0) is 4.79 Å². The van der Waals surface area contributed by atoms with Gasteiger partial charge in [-0.25, -0.2) is 0 Å². The third-order valence-corrected chi connectivity index (χ3v) is 4.18. The van der Waals surface area contributed by atoms with Crippen LogP contribution < -0.4 is 5.73 Å². The van der Waals surface area contributed by atoms with Gasteiger partial charge in [-0.05, 0) is 24.5 Å². The number of hydrogen-bond acceptors (Lipinski definition) is 3. The molecular formula is C15H25ClN2OS. The first-order valence-electron chi connectivity index (χ1n) is 6.68. The van der Waals surface area contributed by atoms with Crippen molar-refractivity contribution in [3.63, 3.8) is 0 Å². The summed E-state index contributed by atoms with van der Waals surface area (Å²) < 4.78 is 0. The van der Waals surface area contributed by atoms with Gasteiger partial charge in [-0.1, -0.05) is 32.0 Å². The number of carbonyl (C=O) groups is 1. The summed E-state index contributed by atoms with van der Waals surface area (Å²) in [7, 11) is 1.85. The van der Waals surface area contributed by atoms with Gasteiger partial charge in [0.25, 0.3) is 0 Å². The van der Waals surface area contributed by atoms with E-state index in [1.165, 1.54) is 0 Å². The lowest BCUT2D eigenvalue weighted by molar-refractivity contribution is -0.127. The molecule has 0 saturated carbocycles. The normalized spacial score (nSPS) is 11.8. The highest BCUT2D eigenvalue weighted by Gasteiger charge is 2.12. The van der Waals surface area contributed by atoms with Crippen molar-refractivity contribution < 1.29 is 4.79 Å². The molecule has 1 unspecified atom stereocenters. The first-order chi connectivity index (χ1) is 9.00. The highest BCUT2D eigenvalue weighted by Crippen LogP contribution is 2.17. The van der Waals surface area contributed by atoms with Crippen LogP contribution in [0.15, 0.2) is 35.2 Å². The van der Waals surface area contributed by atoms with Crippen LogP contribution in [0.5, 0.6) is 0 Å². The van der Waals surface area contributed by atoms with Gasteiger partial charge < -0.3 is 10.6 Å². The Bertz CT molecular complexity index is 387. The van der Waals surface area contributed by atoms with Crippen molar-refractivity contribution in [2.75, 3.05) is 19.3 Å². The Labute approximate surface area is 132 Å². The molecule has 2 N–H and O–H groups in total. The van der Waals surface area contributed by atoms with Gasteiger partial charge in [0.1, 0.15) is 0 Å². The second kappa shape index (κ2) is 10.1. The van der Waals surface area contributed by atoms with Crippen molar-refractivity contribution in [3.8, 4) is 0 Å². The fourth-order valence-electron chi connectivity index (χ4n) is 1.57. The fourth-order valence-corrected chi connectivity index (χ4v) is 2.43. The van der Waals surface area contributed by atoms with E-state index in [0.29, 0.717) is 11.7 Å². The molecule has 0 aromatic heterocycles. The molecule has 0 radical (unpaired) electrons. The van der Waals surface area contributed by atoms with Crippen LogP contribution in [0.2, 0.25) is 0 Å². The molecular weight excluding hydrogens is 292 g/mol. The first-order valence-corrected chi connectivity index (χ1v) is 7.66. The second-order valence-corrected chi connectivity index (χ2v) is 6.16. The topological polar surface area (TPSA) is 46.3 Å². The van der Waals surface area contributed by atoms with Crippen molar-refractivity contribution in [2.45, 2.75) is 31.2 Å². The third kappa shape index (κ3) is 7.17. The number of rotatable bonds is 7. The molecule has 1 atom stereocenters. The van der Waals surface area contributed by atoms with Gasteiger partial charge in [0, 0.05) is 24.5 Å². The number of hydrogen-bond donors (Lipinski definition) is 1. The lowest BCUT2D eigenvalue weighted by Crippen LogP contribution is -2.35. The molecule has 0 aliphatic rings. The Kier molecular flexibility index (Phi) is 9.72. The molecule has 0 bridgehead atoms. The van der Waals surface area contributed by atoms with Gasteiger partial charge in [-0.3, -0.25) is 4.79 Å². The molecule has 0 aliphatic carbocycles. The van der Waals surface area contributed by atoms with E-state index in [-0.39, 0.29) is 24.4 Å². The molecule has 0 spiro atoms. The molecule has 3 nitrogen and oxygen atoms in total. The lowest BCUT2D eigenvalue weighted by Gasteiger charge is -2.21. The molecule has 20 heavy (non-hydrogen) atoms. The van der Waals surface area contributed by atoms with Gasteiger partial charge in [0.05, 0.1) is 5.75 Å². The number of nitrogens with zero attached hydrogens (tertiary/aromatic N) is 1. The maximum absolute atomic E-state index is 12.0. The summed E-state index contributed by atoms with van der Waals surface area (Å²) in [4.78, 5) is 14.9. The van der Waals surface area contributed by atoms with Crippen LogP contribution in [0.25, 0.3) is 0 Å². The monoisotopic (exact) mass is 316 g/mol. The minimum atomic E-state index is 0. The van der Waals surface area contributed by atoms with Crippen molar-refractivity contribution in [1.82, 2.24) is 4.90 Å². The maximum atomic E-state index is 12.0. The number of benzene rings is 1. The van der Waals surface area contributed by atoms with Crippen LogP contribution >= 0.6 is 24.2 Å². The summed E-state index contributed by atoms with van der Waals surface area (Å²) >= 11 is 1.57. The largest absolute Gasteiger partial charge is 0.345 e. The first kappa shape index (κ1) is 19.3. The van der Waals surface area contributed by atoms with E-state index in [1.54, 1.807) is 16.7 Å². The van der Waals surface area contributed by atoms with Crippen LogP contribution in [0, 0.1) is 5.92 Å². The van der Waals surface area contributed by atoms with E-state index < -0.39 is 0 Å². The molecule has 0 heterocycles. The zero-order valence-corrected chi connectivity index (χ0v) is 14.0. The van der Waals surface area contributed by atoms with Crippen LogP contribution in [0.4, 0.5) is 0 Å². The highest BCUT2D eigenvalue weighted by molar-refractivity contribution is 8.00. The number of nitrogens with two attached hydrogens (primary N) is 1. The van der Waals surface area contributed by atoms with Crippen molar-refractivity contribution in [1.29, 1.82) is 0 Å². The summed E-state index contributed by atoms with van der Waals surface area (Å²) in [6.45, 7) is 4.95. The van der Waals surface area contributed by atoms with Crippen molar-refractivity contribution in [3.05, 3.63) is 30.3 Å². The molecule has 5 heteroatoms. The Morgan fingerprint density at radius 3 is 2.45 bits per heavy atom. The standard InChI is InChI=1S/C15H24N2OS.ClH/c1-12(2)14(16)9-10-17(3)15(18)11-19-13-7-5-4-6-8-13;/h4-8,12,14H,9-11,16H2,1-3H3;1H. The molecule has 1 aromatic rings. The number of carbonyl (C=O) groups excluding carboxylic acids is 1. The van der Waals surface area contributed by atoms with E-state index in [0.717, 1.165) is 17.9 Å². The predicted octanol–water partition coefficient (Wildman–Crippen LogP) is 3.03. The minimum Gasteiger partial charge on any atom is -0.345 e. The lowest BCUT2D eigenvalue weighted by atomic mass is 10.0. The Hall–Kier alpha value is -0.710. The van der Waals surface area contributed by atoms with E-state index in [2.05, 4.69) is 13.8 Å². The number of halogens is 1. The second-order valence-electron chi connectivity index (χ2n) is 5.11. The van der Waals surface area contributed by atoms with Crippen LogP contribution in [0.3, 0.4) is 0 Å². The summed E-state index contributed by atoms with van der Waals surface area (Å²) in [6, 6.07) is 10.2. The average molecular weight is 317 g/mol. The van der Waals surface area contributed by atoms with Crippen LogP contribution in [0.1, 0.15) is 20.3 Å². The van der Waals surface area contributed by atoms with Crippen molar-refractivity contribution >= 4 is 30.1 Å². The average Bonchev–Trinajstić information content (AvgIpc) is 2.42. The molecule has 1 aromatic carbocycles. The summed E-state index contributed by atoms with van der Waals surface area (Å²) in [6.07, 6.45) is 0.857. The smallest absolute Gasteiger partial charge is 0.232 e. The quantitative estimate of drug-likeness (QED) is 0.786. The van der Waals surface area contributed by atoms with Gasteiger partial charge in [0.2, 0.25) is 5.91 Å². The molecule has 114 valence electrons. The number of amides is 1. The Morgan fingerprint density at radius 2 is 1.90 bits per heavy atom. The van der Waals surface area contributed by atoms with E-state index in [1.807, 2.05) is 37.4 Å². The van der Waals surface area contributed by atoms with Crippen molar-refractivity contribution in [2.24, 2.45) is 11.7 Å². The van der Waals surface area contributed by atoms with Gasteiger partial charge in [-0.15, -0.1) is 24.2 Å². The fraction of sp³-hybridized carbons (Fsp3) is 0.533.